The predicted molar refractivity (Wildman–Crippen MR) is 104 cm³/mol. The van der Waals surface area contributed by atoms with Crippen LogP contribution in [0.5, 0.6) is 5.75 Å². The van der Waals surface area contributed by atoms with Crippen LogP contribution >= 0.6 is 11.6 Å². The van der Waals surface area contributed by atoms with Crippen molar-refractivity contribution in [3.05, 3.63) is 101 Å². The molecule has 0 N–H and O–H groups in total. The van der Waals surface area contributed by atoms with Crippen molar-refractivity contribution in [1.82, 2.24) is 4.90 Å². The van der Waals surface area contributed by atoms with Gasteiger partial charge < -0.3 is 4.74 Å². The van der Waals surface area contributed by atoms with Gasteiger partial charge in [-0.25, -0.2) is 0 Å². The van der Waals surface area contributed by atoms with E-state index in [2.05, 4.69) is 78.7 Å². The molecule has 0 atom stereocenters. The monoisotopic (exact) mass is 351 g/mol. The summed E-state index contributed by atoms with van der Waals surface area (Å²) in [5.74, 6) is 0.704. The molecule has 0 unspecified atom stereocenters. The van der Waals surface area contributed by atoms with E-state index in [-0.39, 0.29) is 6.04 Å². The first kappa shape index (κ1) is 17.5. The van der Waals surface area contributed by atoms with Crippen LogP contribution in [0.2, 0.25) is 5.02 Å². The summed E-state index contributed by atoms with van der Waals surface area (Å²) in [6.07, 6.45) is 0. The number of benzene rings is 3. The second kappa shape index (κ2) is 8.19. The maximum atomic E-state index is 6.28. The molecule has 0 radical (unpaired) electrons. The number of halogens is 1. The predicted octanol–water partition coefficient (Wildman–Crippen LogP) is 5.57. The molecule has 0 aliphatic rings. The van der Waals surface area contributed by atoms with Crippen LogP contribution in [0.25, 0.3) is 0 Å². The molecule has 2 nitrogen and oxygen atoms in total. The van der Waals surface area contributed by atoms with E-state index < -0.39 is 0 Å². The third kappa shape index (κ3) is 4.22. The Morgan fingerprint density at radius 2 is 1.44 bits per heavy atom. The molecule has 0 aromatic heterocycles. The van der Waals surface area contributed by atoms with Crippen molar-refractivity contribution >= 4 is 11.6 Å². The fourth-order valence-electron chi connectivity index (χ4n) is 3.16. The van der Waals surface area contributed by atoms with Gasteiger partial charge >= 0.3 is 0 Å². The number of rotatable bonds is 6. The second-order valence-electron chi connectivity index (χ2n) is 6.11. The smallest absolute Gasteiger partial charge is 0.137 e. The van der Waals surface area contributed by atoms with E-state index in [4.69, 9.17) is 16.3 Å². The highest BCUT2D eigenvalue weighted by Gasteiger charge is 2.19. The van der Waals surface area contributed by atoms with Crippen LogP contribution in [0.1, 0.15) is 22.7 Å². The van der Waals surface area contributed by atoms with Gasteiger partial charge in [-0.1, -0.05) is 78.3 Å². The lowest BCUT2D eigenvalue weighted by atomic mass is 9.97. The van der Waals surface area contributed by atoms with Gasteiger partial charge in [-0.3, -0.25) is 4.90 Å². The minimum atomic E-state index is 0.184. The van der Waals surface area contributed by atoms with Crippen molar-refractivity contribution in [3.63, 3.8) is 0 Å². The zero-order chi connectivity index (χ0) is 17.6. The SMILES string of the molecule is COc1ccc(CN(C)C(c2ccccc2)c2ccccc2)cc1Cl. The van der Waals surface area contributed by atoms with Gasteiger partial charge in [-0.2, -0.15) is 0 Å². The van der Waals surface area contributed by atoms with Gasteiger partial charge in [0.1, 0.15) is 5.75 Å². The van der Waals surface area contributed by atoms with E-state index in [0.717, 1.165) is 12.1 Å². The van der Waals surface area contributed by atoms with Crippen LogP contribution in [0.15, 0.2) is 78.9 Å². The Morgan fingerprint density at radius 1 is 0.880 bits per heavy atom. The lowest BCUT2D eigenvalue weighted by molar-refractivity contribution is 0.270. The molecule has 3 heteroatoms. The summed E-state index contributed by atoms with van der Waals surface area (Å²) in [6.45, 7) is 0.790. The van der Waals surface area contributed by atoms with Crippen LogP contribution in [0, 0.1) is 0 Å². The van der Waals surface area contributed by atoms with Gasteiger partial charge in [0, 0.05) is 6.54 Å². The molecule has 3 aromatic rings. The van der Waals surface area contributed by atoms with Gasteiger partial charge in [0.2, 0.25) is 0 Å². The highest BCUT2D eigenvalue weighted by molar-refractivity contribution is 6.32. The van der Waals surface area contributed by atoms with Crippen LogP contribution in [-0.2, 0) is 6.54 Å². The molecule has 0 spiro atoms. The highest BCUT2D eigenvalue weighted by atomic mass is 35.5. The van der Waals surface area contributed by atoms with E-state index in [0.29, 0.717) is 10.8 Å². The molecule has 25 heavy (non-hydrogen) atoms. The number of hydrogen-bond acceptors (Lipinski definition) is 2. The van der Waals surface area contributed by atoms with Crippen LogP contribution in [0.3, 0.4) is 0 Å². The van der Waals surface area contributed by atoms with Crippen molar-refractivity contribution in [2.45, 2.75) is 12.6 Å². The zero-order valence-electron chi connectivity index (χ0n) is 14.5. The van der Waals surface area contributed by atoms with E-state index in [1.165, 1.54) is 11.1 Å². The third-order valence-electron chi connectivity index (χ3n) is 4.32. The number of methoxy groups -OCH3 is 1. The molecule has 128 valence electrons. The van der Waals surface area contributed by atoms with Gasteiger partial charge in [0.15, 0.2) is 0 Å². The molecule has 0 fully saturated rings. The molecule has 3 aromatic carbocycles. The van der Waals surface area contributed by atoms with E-state index in [1.54, 1.807) is 7.11 Å². The number of hydrogen-bond donors (Lipinski definition) is 0. The van der Waals surface area contributed by atoms with Crippen molar-refractivity contribution < 1.29 is 4.74 Å². The summed E-state index contributed by atoms with van der Waals surface area (Å²) < 4.78 is 5.25. The van der Waals surface area contributed by atoms with Gasteiger partial charge in [0.25, 0.3) is 0 Å². The summed E-state index contributed by atoms with van der Waals surface area (Å²) in [4.78, 5) is 2.34. The van der Waals surface area contributed by atoms with Crippen molar-refractivity contribution in [2.24, 2.45) is 0 Å². The molecule has 0 amide bonds. The first-order valence-electron chi connectivity index (χ1n) is 8.31. The summed E-state index contributed by atoms with van der Waals surface area (Å²) in [6, 6.07) is 27.3. The summed E-state index contributed by atoms with van der Waals surface area (Å²) in [7, 11) is 3.77. The van der Waals surface area contributed by atoms with Gasteiger partial charge in [-0.15, -0.1) is 0 Å². The van der Waals surface area contributed by atoms with Gasteiger partial charge in [0.05, 0.1) is 18.2 Å². The van der Waals surface area contributed by atoms with E-state index >= 15 is 0 Å². The van der Waals surface area contributed by atoms with Crippen LogP contribution in [0.4, 0.5) is 0 Å². The average molecular weight is 352 g/mol. The van der Waals surface area contributed by atoms with E-state index in [1.807, 2.05) is 12.1 Å². The molecule has 0 aliphatic heterocycles. The fourth-order valence-corrected chi connectivity index (χ4v) is 3.44. The zero-order valence-corrected chi connectivity index (χ0v) is 15.3. The molecular weight excluding hydrogens is 330 g/mol. The first-order chi connectivity index (χ1) is 12.2. The first-order valence-corrected chi connectivity index (χ1v) is 8.69. The Bertz CT molecular complexity index is 765. The summed E-state index contributed by atoms with van der Waals surface area (Å²) in [5.41, 5.74) is 3.71. The Kier molecular flexibility index (Phi) is 5.75. The van der Waals surface area contributed by atoms with Crippen molar-refractivity contribution in [2.75, 3.05) is 14.2 Å². The van der Waals surface area contributed by atoms with Crippen molar-refractivity contribution in [3.8, 4) is 5.75 Å². The Labute approximate surface area is 154 Å². The lowest BCUT2D eigenvalue weighted by Gasteiger charge is -2.29. The Balaban J connectivity index is 1.90. The largest absolute Gasteiger partial charge is 0.495 e. The Hall–Kier alpha value is -2.29. The Morgan fingerprint density at radius 3 is 1.92 bits per heavy atom. The fraction of sp³-hybridized carbons (Fsp3) is 0.182. The molecule has 3 rings (SSSR count). The quantitative estimate of drug-likeness (QED) is 0.575. The molecule has 0 saturated heterocycles. The van der Waals surface area contributed by atoms with Crippen LogP contribution < -0.4 is 4.74 Å². The third-order valence-corrected chi connectivity index (χ3v) is 4.61. The van der Waals surface area contributed by atoms with Crippen LogP contribution in [-0.4, -0.2) is 19.1 Å². The number of nitrogens with zero attached hydrogens (tertiary/aromatic N) is 1. The molecular formula is C22H22ClNO. The van der Waals surface area contributed by atoms with E-state index in [9.17, 15) is 0 Å². The van der Waals surface area contributed by atoms with Gasteiger partial charge in [-0.05, 0) is 35.9 Å². The minimum Gasteiger partial charge on any atom is -0.495 e. The number of ether oxygens (including phenoxy) is 1. The lowest BCUT2D eigenvalue weighted by Crippen LogP contribution is -2.25. The highest BCUT2D eigenvalue weighted by Crippen LogP contribution is 2.30. The second-order valence-corrected chi connectivity index (χ2v) is 6.52. The standard InChI is InChI=1S/C22H22ClNO/c1-24(16-17-13-14-21(25-2)20(23)15-17)22(18-9-5-3-6-10-18)19-11-7-4-8-12-19/h3-15,22H,16H2,1-2H3. The summed E-state index contributed by atoms with van der Waals surface area (Å²) in [5, 5.41) is 0.643. The maximum Gasteiger partial charge on any atom is 0.137 e. The molecule has 0 heterocycles. The summed E-state index contributed by atoms with van der Waals surface area (Å²) >= 11 is 6.28. The maximum absolute atomic E-state index is 6.28. The molecule has 0 aliphatic carbocycles. The molecule has 0 bridgehead atoms. The topological polar surface area (TPSA) is 12.5 Å². The van der Waals surface area contributed by atoms with Crippen molar-refractivity contribution in [1.29, 1.82) is 0 Å². The minimum absolute atomic E-state index is 0.184. The molecule has 0 saturated carbocycles. The average Bonchev–Trinajstić information content (AvgIpc) is 2.64. The normalized spacial score (nSPS) is 11.1.